The molecule has 0 saturated heterocycles. The van der Waals surface area contributed by atoms with Crippen molar-refractivity contribution < 1.29 is 13.2 Å². The Balaban J connectivity index is 2.48. The molecule has 1 aromatic carbocycles. The van der Waals surface area contributed by atoms with Crippen molar-refractivity contribution in [1.29, 1.82) is 0 Å². The number of anilines is 1. The lowest BCUT2D eigenvalue weighted by Crippen LogP contribution is -2.14. The Morgan fingerprint density at radius 1 is 1.33 bits per heavy atom. The summed E-state index contributed by atoms with van der Waals surface area (Å²) in [5.74, 6) is 2.41. The molecule has 0 amide bonds. The topological polar surface area (TPSA) is 12.0 Å². The van der Waals surface area contributed by atoms with Crippen LogP contribution in [-0.4, -0.2) is 12.7 Å². The number of hydrogen-bond donors (Lipinski definition) is 1. The first kappa shape index (κ1) is 11.4. The summed E-state index contributed by atoms with van der Waals surface area (Å²) in [6.07, 6.45) is 0.177. The molecule has 0 radical (unpaired) electrons. The highest BCUT2D eigenvalue weighted by Crippen LogP contribution is 2.19. The lowest BCUT2D eigenvalue weighted by molar-refractivity contribution is -0.131. The highest BCUT2D eigenvalue weighted by molar-refractivity contribution is 5.49. The Kier molecular flexibility index (Phi) is 3.62. The highest BCUT2D eigenvalue weighted by Gasteiger charge is 2.25. The van der Waals surface area contributed by atoms with Gasteiger partial charge in [-0.1, -0.05) is 12.0 Å². The van der Waals surface area contributed by atoms with Crippen molar-refractivity contribution in [3.8, 4) is 12.3 Å². The number of alkyl halides is 3. The molecule has 0 saturated carbocycles. The van der Waals surface area contributed by atoms with Gasteiger partial charge in [-0.15, -0.1) is 6.42 Å². The van der Waals surface area contributed by atoms with Gasteiger partial charge < -0.3 is 5.32 Å². The van der Waals surface area contributed by atoms with E-state index in [9.17, 15) is 13.2 Å². The van der Waals surface area contributed by atoms with Crippen molar-refractivity contribution in [3.63, 3.8) is 0 Å². The number of hydrogen-bond acceptors (Lipinski definition) is 1. The van der Waals surface area contributed by atoms with Gasteiger partial charge in [0.2, 0.25) is 0 Å². The van der Waals surface area contributed by atoms with Gasteiger partial charge in [-0.25, -0.2) is 0 Å². The summed E-state index contributed by atoms with van der Waals surface area (Å²) < 4.78 is 35.5. The quantitative estimate of drug-likeness (QED) is 0.761. The summed E-state index contributed by atoms with van der Waals surface area (Å²) in [4.78, 5) is 0. The van der Waals surface area contributed by atoms with Crippen LogP contribution in [0.4, 0.5) is 18.9 Å². The lowest BCUT2D eigenvalue weighted by Gasteiger charge is -2.08. The molecule has 80 valence electrons. The van der Waals surface area contributed by atoms with Crippen LogP contribution in [0.25, 0.3) is 0 Å². The normalized spacial score (nSPS) is 10.8. The molecule has 1 nitrogen and oxygen atoms in total. The molecule has 0 atom stereocenters. The van der Waals surface area contributed by atoms with Gasteiger partial charge in [0.1, 0.15) is 0 Å². The minimum absolute atomic E-state index is 0.141. The molecule has 0 bridgehead atoms. The van der Waals surface area contributed by atoms with Gasteiger partial charge in [-0.05, 0) is 18.2 Å². The molecular formula is C11H10F3N. The Morgan fingerprint density at radius 3 is 2.67 bits per heavy atom. The van der Waals surface area contributed by atoms with Crippen LogP contribution in [0.1, 0.15) is 12.0 Å². The van der Waals surface area contributed by atoms with E-state index in [1.165, 1.54) is 0 Å². The average Bonchev–Trinajstić information content (AvgIpc) is 2.16. The highest BCUT2D eigenvalue weighted by atomic mass is 19.4. The predicted molar refractivity (Wildman–Crippen MR) is 53.5 cm³/mol. The van der Waals surface area contributed by atoms with Crippen LogP contribution in [0.5, 0.6) is 0 Å². The Hall–Kier alpha value is -1.63. The molecule has 4 heteroatoms. The fourth-order valence-corrected chi connectivity index (χ4v) is 1.07. The Labute approximate surface area is 86.3 Å². The van der Waals surface area contributed by atoms with Gasteiger partial charge in [-0.3, -0.25) is 0 Å². The predicted octanol–water partition coefficient (Wildman–Crippen LogP) is 3.03. The minimum atomic E-state index is -4.13. The molecule has 1 N–H and O–H groups in total. The van der Waals surface area contributed by atoms with E-state index in [2.05, 4.69) is 11.2 Å². The van der Waals surface area contributed by atoms with E-state index < -0.39 is 12.6 Å². The van der Waals surface area contributed by atoms with Crippen LogP contribution < -0.4 is 5.32 Å². The fraction of sp³-hybridized carbons (Fsp3) is 0.273. The largest absolute Gasteiger partial charge is 0.390 e. The molecule has 15 heavy (non-hydrogen) atoms. The SMILES string of the molecule is C#Cc1cccc(NCCC(F)(F)F)c1. The maximum atomic E-state index is 11.8. The van der Waals surface area contributed by atoms with E-state index in [0.29, 0.717) is 11.3 Å². The van der Waals surface area contributed by atoms with Gasteiger partial charge >= 0.3 is 6.18 Å². The van der Waals surface area contributed by atoms with Gasteiger partial charge in [0.15, 0.2) is 0 Å². The Bertz CT molecular complexity index is 363. The lowest BCUT2D eigenvalue weighted by atomic mass is 10.2. The molecule has 0 heterocycles. The molecule has 0 spiro atoms. The third-order valence-electron chi connectivity index (χ3n) is 1.77. The van der Waals surface area contributed by atoms with Gasteiger partial charge in [0.05, 0.1) is 6.42 Å². The molecule has 0 aliphatic carbocycles. The van der Waals surface area contributed by atoms with Crippen LogP contribution >= 0.6 is 0 Å². The van der Waals surface area contributed by atoms with Crippen molar-refractivity contribution >= 4 is 5.69 Å². The number of halogens is 3. The van der Waals surface area contributed by atoms with Crippen LogP contribution in [0.15, 0.2) is 24.3 Å². The molecular weight excluding hydrogens is 203 g/mol. The molecule has 1 rings (SSSR count). The van der Waals surface area contributed by atoms with Gasteiger partial charge in [0, 0.05) is 17.8 Å². The number of benzene rings is 1. The molecule has 0 fully saturated rings. The van der Waals surface area contributed by atoms with Crippen molar-refractivity contribution in [2.24, 2.45) is 0 Å². The van der Waals surface area contributed by atoms with Gasteiger partial charge in [0.25, 0.3) is 0 Å². The molecule has 0 aromatic heterocycles. The van der Waals surface area contributed by atoms with Crippen LogP contribution in [0.2, 0.25) is 0 Å². The van der Waals surface area contributed by atoms with Crippen LogP contribution in [0, 0.1) is 12.3 Å². The van der Waals surface area contributed by atoms with Crippen LogP contribution in [0.3, 0.4) is 0 Å². The number of terminal acetylenes is 1. The average molecular weight is 213 g/mol. The van der Waals surface area contributed by atoms with E-state index >= 15 is 0 Å². The van der Waals surface area contributed by atoms with E-state index in [1.807, 2.05) is 0 Å². The van der Waals surface area contributed by atoms with E-state index in [4.69, 9.17) is 6.42 Å². The van der Waals surface area contributed by atoms with Crippen molar-refractivity contribution in [3.05, 3.63) is 29.8 Å². The smallest absolute Gasteiger partial charge is 0.385 e. The summed E-state index contributed by atoms with van der Waals surface area (Å²) in [6.45, 7) is -0.141. The maximum absolute atomic E-state index is 11.8. The zero-order chi connectivity index (χ0) is 11.3. The maximum Gasteiger partial charge on any atom is 0.390 e. The van der Waals surface area contributed by atoms with E-state index in [0.717, 1.165) is 0 Å². The van der Waals surface area contributed by atoms with Crippen LogP contribution in [-0.2, 0) is 0 Å². The fourth-order valence-electron chi connectivity index (χ4n) is 1.07. The summed E-state index contributed by atoms with van der Waals surface area (Å²) >= 11 is 0. The third-order valence-corrected chi connectivity index (χ3v) is 1.77. The summed E-state index contributed by atoms with van der Waals surface area (Å²) in [5, 5.41) is 2.66. The minimum Gasteiger partial charge on any atom is -0.385 e. The van der Waals surface area contributed by atoms with Crippen molar-refractivity contribution in [2.45, 2.75) is 12.6 Å². The first-order valence-electron chi connectivity index (χ1n) is 4.38. The number of rotatable bonds is 3. The first-order chi connectivity index (χ1) is 7.01. The zero-order valence-electron chi connectivity index (χ0n) is 7.93. The summed E-state index contributed by atoms with van der Waals surface area (Å²) in [5.41, 5.74) is 1.25. The monoisotopic (exact) mass is 213 g/mol. The summed E-state index contributed by atoms with van der Waals surface area (Å²) in [7, 11) is 0. The van der Waals surface area contributed by atoms with Crippen molar-refractivity contribution in [2.75, 3.05) is 11.9 Å². The second-order valence-electron chi connectivity index (χ2n) is 3.02. The van der Waals surface area contributed by atoms with E-state index in [-0.39, 0.29) is 6.54 Å². The Morgan fingerprint density at radius 2 is 2.07 bits per heavy atom. The third kappa shape index (κ3) is 4.41. The zero-order valence-corrected chi connectivity index (χ0v) is 7.93. The molecule has 0 unspecified atom stereocenters. The van der Waals surface area contributed by atoms with Gasteiger partial charge in [-0.2, -0.15) is 13.2 Å². The molecule has 0 aliphatic rings. The number of nitrogens with one attached hydrogen (secondary N) is 1. The van der Waals surface area contributed by atoms with Crippen molar-refractivity contribution in [1.82, 2.24) is 0 Å². The molecule has 0 aliphatic heterocycles. The standard InChI is InChI=1S/C11H10F3N/c1-2-9-4-3-5-10(8-9)15-7-6-11(12,13)14/h1,3-5,8,15H,6-7H2. The molecule has 1 aromatic rings. The van der Waals surface area contributed by atoms with E-state index in [1.54, 1.807) is 24.3 Å². The first-order valence-corrected chi connectivity index (χ1v) is 4.38. The second kappa shape index (κ2) is 4.74. The summed E-state index contributed by atoms with van der Waals surface area (Å²) in [6, 6.07) is 6.73. The second-order valence-corrected chi connectivity index (χ2v) is 3.02.